The summed E-state index contributed by atoms with van der Waals surface area (Å²) in [6, 6.07) is 17.1. The number of piperidine rings is 1. The zero-order valence-corrected chi connectivity index (χ0v) is 17.2. The number of para-hydroxylation sites is 1. The normalized spacial score (nSPS) is 14.4. The number of nitrogens with one attached hydrogen (secondary N) is 1. The predicted molar refractivity (Wildman–Crippen MR) is 114 cm³/mol. The van der Waals surface area contributed by atoms with Crippen molar-refractivity contribution in [3.05, 3.63) is 65.2 Å². The molecule has 2 amide bonds. The monoisotopic (exact) mass is 414 g/mol. The molecule has 0 saturated carbocycles. The Morgan fingerprint density at radius 2 is 1.72 bits per heavy atom. The lowest BCUT2D eigenvalue weighted by molar-refractivity contribution is -0.132. The van der Waals surface area contributed by atoms with Crippen LogP contribution in [0.4, 0.5) is 0 Å². The molecule has 0 radical (unpaired) electrons. The van der Waals surface area contributed by atoms with Crippen LogP contribution in [0.1, 0.15) is 31.2 Å². The molecule has 29 heavy (non-hydrogen) atoms. The first-order valence-corrected chi connectivity index (χ1v) is 10.5. The molecule has 1 aliphatic rings. The summed E-state index contributed by atoms with van der Waals surface area (Å²) in [4.78, 5) is 26.5. The van der Waals surface area contributed by atoms with E-state index < -0.39 is 0 Å². The molecule has 5 nitrogen and oxygen atoms in total. The van der Waals surface area contributed by atoms with Gasteiger partial charge in [-0.05, 0) is 49.1 Å². The van der Waals surface area contributed by atoms with Crippen LogP contribution in [0.5, 0.6) is 5.75 Å². The summed E-state index contributed by atoms with van der Waals surface area (Å²) < 4.78 is 5.63. The van der Waals surface area contributed by atoms with Crippen molar-refractivity contribution in [3.63, 3.8) is 0 Å². The van der Waals surface area contributed by atoms with Gasteiger partial charge >= 0.3 is 0 Å². The SMILES string of the molecule is O=C(Cc1ccc(Cl)cc1)NC1CCN(C(=O)CCCOc2ccccc2)CC1. The number of rotatable bonds is 8. The minimum atomic E-state index is 0.00941. The highest BCUT2D eigenvalue weighted by atomic mass is 35.5. The molecule has 0 bridgehead atoms. The lowest BCUT2D eigenvalue weighted by atomic mass is 10.0. The molecule has 0 aliphatic carbocycles. The van der Waals surface area contributed by atoms with Crippen LogP contribution in [0.25, 0.3) is 0 Å². The number of carbonyl (C=O) groups is 2. The fourth-order valence-corrected chi connectivity index (χ4v) is 3.55. The molecule has 1 N–H and O–H groups in total. The molecule has 0 atom stereocenters. The molecule has 2 aromatic rings. The Balaban J connectivity index is 1.31. The van der Waals surface area contributed by atoms with Crippen LogP contribution in [-0.2, 0) is 16.0 Å². The van der Waals surface area contributed by atoms with Gasteiger partial charge in [-0.2, -0.15) is 0 Å². The van der Waals surface area contributed by atoms with Crippen LogP contribution in [0.15, 0.2) is 54.6 Å². The van der Waals surface area contributed by atoms with Gasteiger partial charge in [0.15, 0.2) is 0 Å². The quantitative estimate of drug-likeness (QED) is 0.667. The number of hydrogen-bond donors (Lipinski definition) is 1. The van der Waals surface area contributed by atoms with E-state index in [0.29, 0.717) is 44.0 Å². The molecule has 154 valence electrons. The number of amides is 2. The third kappa shape index (κ3) is 7.09. The van der Waals surface area contributed by atoms with Crippen LogP contribution < -0.4 is 10.1 Å². The highest BCUT2D eigenvalue weighted by Gasteiger charge is 2.23. The molecule has 1 saturated heterocycles. The minimum absolute atomic E-state index is 0.00941. The lowest BCUT2D eigenvalue weighted by Gasteiger charge is -2.32. The van der Waals surface area contributed by atoms with Crippen molar-refractivity contribution in [3.8, 4) is 5.75 Å². The molecular formula is C23H27ClN2O3. The highest BCUT2D eigenvalue weighted by Crippen LogP contribution is 2.14. The fourth-order valence-electron chi connectivity index (χ4n) is 3.43. The molecule has 1 aliphatic heterocycles. The van der Waals surface area contributed by atoms with Crippen LogP contribution in [0, 0.1) is 0 Å². The number of ether oxygens (including phenoxy) is 1. The molecule has 0 aromatic heterocycles. The van der Waals surface area contributed by atoms with Gasteiger partial charge in [0.05, 0.1) is 13.0 Å². The molecule has 3 rings (SSSR count). The van der Waals surface area contributed by atoms with E-state index in [-0.39, 0.29) is 17.9 Å². The van der Waals surface area contributed by atoms with Gasteiger partial charge in [-0.25, -0.2) is 0 Å². The number of nitrogens with zero attached hydrogens (tertiary/aromatic N) is 1. The van der Waals surface area contributed by atoms with Crippen LogP contribution in [0.3, 0.4) is 0 Å². The predicted octanol–water partition coefficient (Wildman–Crippen LogP) is 3.85. The topological polar surface area (TPSA) is 58.6 Å². The first-order chi connectivity index (χ1) is 14.1. The average molecular weight is 415 g/mol. The maximum absolute atomic E-state index is 12.4. The molecule has 6 heteroatoms. The van der Waals surface area contributed by atoms with E-state index in [9.17, 15) is 9.59 Å². The molecule has 0 spiro atoms. The zero-order chi connectivity index (χ0) is 20.5. The number of benzene rings is 2. The summed E-state index contributed by atoms with van der Waals surface area (Å²) in [6.07, 6.45) is 3.11. The van der Waals surface area contributed by atoms with E-state index in [1.165, 1.54) is 0 Å². The van der Waals surface area contributed by atoms with Gasteiger partial charge in [-0.3, -0.25) is 9.59 Å². The second-order valence-electron chi connectivity index (χ2n) is 7.29. The van der Waals surface area contributed by atoms with Gasteiger partial charge in [0.1, 0.15) is 5.75 Å². The second-order valence-corrected chi connectivity index (χ2v) is 7.73. The van der Waals surface area contributed by atoms with Crippen molar-refractivity contribution in [1.29, 1.82) is 0 Å². The number of carbonyl (C=O) groups excluding carboxylic acids is 2. The third-order valence-electron chi connectivity index (χ3n) is 5.04. The molecule has 1 fully saturated rings. The summed E-state index contributed by atoms with van der Waals surface area (Å²) in [5.41, 5.74) is 0.942. The van der Waals surface area contributed by atoms with Crippen molar-refractivity contribution in [2.45, 2.75) is 38.1 Å². The Hall–Kier alpha value is -2.53. The van der Waals surface area contributed by atoms with Crippen molar-refractivity contribution >= 4 is 23.4 Å². The summed E-state index contributed by atoms with van der Waals surface area (Å²) in [6.45, 7) is 1.90. The lowest BCUT2D eigenvalue weighted by Crippen LogP contribution is -2.46. The molecule has 1 heterocycles. The Labute approximate surface area is 177 Å². The van der Waals surface area contributed by atoms with Gasteiger partial charge < -0.3 is 15.0 Å². The summed E-state index contributed by atoms with van der Waals surface area (Å²) in [5, 5.41) is 3.75. The third-order valence-corrected chi connectivity index (χ3v) is 5.29. The highest BCUT2D eigenvalue weighted by molar-refractivity contribution is 6.30. The van der Waals surface area contributed by atoms with Gasteiger partial charge in [0.25, 0.3) is 0 Å². The zero-order valence-electron chi connectivity index (χ0n) is 16.5. The molecule has 0 unspecified atom stereocenters. The van der Waals surface area contributed by atoms with Crippen LogP contribution >= 0.6 is 11.6 Å². The maximum atomic E-state index is 12.4. The Kier molecular flexibility index (Phi) is 7.94. The van der Waals surface area contributed by atoms with Crippen LogP contribution in [-0.4, -0.2) is 42.5 Å². The summed E-state index contributed by atoms with van der Waals surface area (Å²) in [5.74, 6) is 0.998. The van der Waals surface area contributed by atoms with Crippen molar-refractivity contribution in [1.82, 2.24) is 10.2 Å². The van der Waals surface area contributed by atoms with Gasteiger partial charge in [-0.1, -0.05) is 41.9 Å². The summed E-state index contributed by atoms with van der Waals surface area (Å²) >= 11 is 5.87. The summed E-state index contributed by atoms with van der Waals surface area (Å²) in [7, 11) is 0. The Bertz CT molecular complexity index is 788. The van der Waals surface area contributed by atoms with E-state index in [4.69, 9.17) is 16.3 Å². The van der Waals surface area contributed by atoms with Crippen molar-refractivity contribution in [2.75, 3.05) is 19.7 Å². The smallest absolute Gasteiger partial charge is 0.224 e. The standard InChI is InChI=1S/C23H27ClN2O3/c24-19-10-8-18(9-11-19)17-22(27)25-20-12-14-26(15-13-20)23(28)7-4-16-29-21-5-2-1-3-6-21/h1-3,5-6,8-11,20H,4,7,12-17H2,(H,25,27). The maximum Gasteiger partial charge on any atom is 0.224 e. The number of halogens is 1. The first-order valence-electron chi connectivity index (χ1n) is 10.1. The van der Waals surface area contributed by atoms with Gasteiger partial charge in [0.2, 0.25) is 11.8 Å². The first kappa shape index (κ1) is 21.2. The van der Waals surface area contributed by atoms with Crippen molar-refractivity contribution < 1.29 is 14.3 Å². The molecule has 2 aromatic carbocycles. The van der Waals surface area contributed by atoms with E-state index in [1.54, 1.807) is 12.1 Å². The number of likely N-dealkylation sites (tertiary alicyclic amines) is 1. The van der Waals surface area contributed by atoms with E-state index in [2.05, 4.69) is 5.32 Å². The Morgan fingerprint density at radius 1 is 1.03 bits per heavy atom. The average Bonchev–Trinajstić information content (AvgIpc) is 2.74. The fraction of sp³-hybridized carbons (Fsp3) is 0.391. The van der Waals surface area contributed by atoms with E-state index >= 15 is 0 Å². The molecular weight excluding hydrogens is 388 g/mol. The van der Waals surface area contributed by atoms with Crippen LogP contribution in [0.2, 0.25) is 5.02 Å². The second kappa shape index (κ2) is 10.9. The van der Waals surface area contributed by atoms with Gasteiger partial charge in [-0.15, -0.1) is 0 Å². The largest absolute Gasteiger partial charge is 0.494 e. The minimum Gasteiger partial charge on any atom is -0.494 e. The van der Waals surface area contributed by atoms with E-state index in [0.717, 1.165) is 24.2 Å². The van der Waals surface area contributed by atoms with Gasteiger partial charge in [0, 0.05) is 30.6 Å². The van der Waals surface area contributed by atoms with E-state index in [1.807, 2.05) is 47.4 Å². The number of hydrogen-bond acceptors (Lipinski definition) is 3. The van der Waals surface area contributed by atoms with Crippen molar-refractivity contribution in [2.24, 2.45) is 0 Å². The Morgan fingerprint density at radius 3 is 2.41 bits per heavy atom.